The first kappa shape index (κ1) is 25.9. The summed E-state index contributed by atoms with van der Waals surface area (Å²) < 4.78 is 10.7. The van der Waals surface area contributed by atoms with Crippen molar-refractivity contribution < 1.29 is 24.0 Å². The van der Waals surface area contributed by atoms with E-state index in [0.717, 1.165) is 19.6 Å². The number of allylic oxidation sites excluding steroid dienone is 1. The van der Waals surface area contributed by atoms with Crippen LogP contribution in [0.5, 0.6) is 0 Å². The molecule has 3 heterocycles. The van der Waals surface area contributed by atoms with Crippen LogP contribution >= 0.6 is 11.8 Å². The third kappa shape index (κ3) is 5.77. The van der Waals surface area contributed by atoms with Gasteiger partial charge in [-0.2, -0.15) is 0 Å². The molecule has 0 saturated carbocycles. The number of hydrogen-bond acceptors (Lipinski definition) is 10. The highest BCUT2D eigenvalue weighted by Crippen LogP contribution is 2.45. The average molecular weight is 516 g/mol. The zero-order valence-corrected chi connectivity index (χ0v) is 21.1. The van der Waals surface area contributed by atoms with Crippen LogP contribution in [0.2, 0.25) is 0 Å². The van der Waals surface area contributed by atoms with Crippen molar-refractivity contribution in [1.29, 1.82) is 0 Å². The van der Waals surface area contributed by atoms with E-state index in [1.165, 1.54) is 23.9 Å². The second-order valence-corrected chi connectivity index (χ2v) is 9.28. The van der Waals surface area contributed by atoms with Gasteiger partial charge in [0.2, 0.25) is 5.91 Å². The number of benzene rings is 1. The van der Waals surface area contributed by atoms with E-state index < -0.39 is 16.9 Å². The Kier molecular flexibility index (Phi) is 8.39. The number of hydrogen-bond donors (Lipinski definition) is 1. The number of amides is 1. The highest BCUT2D eigenvalue weighted by Gasteiger charge is 2.41. The number of morpholine rings is 1. The summed E-state index contributed by atoms with van der Waals surface area (Å²) >= 11 is 1.35. The molecule has 192 valence electrons. The fraction of sp³-hybridized carbons (Fsp3) is 0.458. The largest absolute Gasteiger partial charge is 0.463 e. The first-order chi connectivity index (χ1) is 17.4. The number of nitrogens with zero attached hydrogens (tertiary/aromatic N) is 4. The number of thioether (sulfide) groups is 1. The highest BCUT2D eigenvalue weighted by molar-refractivity contribution is 8.16. The fourth-order valence-electron chi connectivity index (χ4n) is 4.37. The molecule has 36 heavy (non-hydrogen) atoms. The van der Waals surface area contributed by atoms with Gasteiger partial charge in [-0.05, 0) is 24.8 Å². The van der Waals surface area contributed by atoms with E-state index in [0.29, 0.717) is 47.5 Å². The molecule has 1 fully saturated rings. The number of nitro benzene ring substituents is 1. The zero-order valence-electron chi connectivity index (χ0n) is 20.3. The van der Waals surface area contributed by atoms with E-state index in [2.05, 4.69) is 15.2 Å². The third-order valence-corrected chi connectivity index (χ3v) is 6.98. The number of nitrogens with one attached hydrogen (secondary N) is 1. The van der Waals surface area contributed by atoms with E-state index in [4.69, 9.17) is 9.47 Å². The number of esters is 1. The first-order valence-electron chi connectivity index (χ1n) is 11.8. The Morgan fingerprint density at radius 1 is 1.33 bits per heavy atom. The van der Waals surface area contributed by atoms with E-state index in [1.807, 2.05) is 10.3 Å². The molecule has 0 radical (unpaired) electrons. The van der Waals surface area contributed by atoms with Gasteiger partial charge in [-0.1, -0.05) is 23.9 Å². The van der Waals surface area contributed by atoms with E-state index >= 15 is 0 Å². The quantitative estimate of drug-likeness (QED) is 0.300. The summed E-state index contributed by atoms with van der Waals surface area (Å²) in [4.78, 5) is 45.4. The van der Waals surface area contributed by atoms with Crippen LogP contribution in [0.25, 0.3) is 0 Å². The second kappa shape index (κ2) is 11.7. The molecule has 0 aliphatic carbocycles. The van der Waals surface area contributed by atoms with Gasteiger partial charge in [0.25, 0.3) is 5.69 Å². The molecule has 12 heteroatoms. The highest BCUT2D eigenvalue weighted by atomic mass is 32.2. The Morgan fingerprint density at radius 2 is 2.11 bits per heavy atom. The molecule has 11 nitrogen and oxygen atoms in total. The average Bonchev–Trinajstić information content (AvgIpc) is 3.25. The minimum Gasteiger partial charge on any atom is -0.463 e. The smallest absolute Gasteiger partial charge is 0.338 e. The number of carbonyl (C=O) groups excluding carboxylic acids is 2. The van der Waals surface area contributed by atoms with Crippen LogP contribution in [-0.2, 0) is 19.1 Å². The molecule has 3 aliphatic heterocycles. The predicted molar refractivity (Wildman–Crippen MR) is 135 cm³/mol. The third-order valence-electron chi connectivity index (χ3n) is 6.09. The summed E-state index contributed by atoms with van der Waals surface area (Å²) in [5, 5.41) is 16.9. The predicted octanol–water partition coefficient (Wildman–Crippen LogP) is 2.57. The molecular formula is C24H29N5O6S. The molecule has 1 saturated heterocycles. The van der Waals surface area contributed by atoms with Crippen molar-refractivity contribution in [3.8, 4) is 0 Å². The number of non-ortho nitro benzene ring substituents is 1. The summed E-state index contributed by atoms with van der Waals surface area (Å²) in [6.45, 7) is 7.96. The molecule has 1 atom stereocenters. The van der Waals surface area contributed by atoms with Gasteiger partial charge in [-0.25, -0.2) is 9.79 Å². The van der Waals surface area contributed by atoms with Gasteiger partial charge in [0.15, 0.2) is 5.17 Å². The lowest BCUT2D eigenvalue weighted by Gasteiger charge is -2.36. The maximum absolute atomic E-state index is 13.0. The van der Waals surface area contributed by atoms with Crippen molar-refractivity contribution in [2.45, 2.75) is 26.3 Å². The van der Waals surface area contributed by atoms with Crippen LogP contribution in [0.4, 0.5) is 5.69 Å². The van der Waals surface area contributed by atoms with Gasteiger partial charge >= 0.3 is 5.97 Å². The maximum atomic E-state index is 13.0. The molecule has 1 amide bonds. The number of aliphatic imine (C=N–C) groups is 1. The van der Waals surface area contributed by atoms with Crippen molar-refractivity contribution in [2.24, 2.45) is 4.99 Å². The van der Waals surface area contributed by atoms with Gasteiger partial charge in [0, 0.05) is 44.0 Å². The molecule has 3 aliphatic rings. The Balaban J connectivity index is 1.56. The number of rotatable bonds is 9. The van der Waals surface area contributed by atoms with Crippen LogP contribution < -0.4 is 5.32 Å². The molecule has 1 aromatic rings. The van der Waals surface area contributed by atoms with Gasteiger partial charge in [0.1, 0.15) is 0 Å². The Labute approximate surface area is 213 Å². The van der Waals surface area contributed by atoms with Crippen LogP contribution in [0.15, 0.2) is 51.6 Å². The van der Waals surface area contributed by atoms with Crippen molar-refractivity contribution in [3.63, 3.8) is 0 Å². The minimum absolute atomic E-state index is 0.0791. The summed E-state index contributed by atoms with van der Waals surface area (Å²) in [7, 11) is 0. The number of carbonyl (C=O) groups is 2. The van der Waals surface area contributed by atoms with Gasteiger partial charge in [-0.3, -0.25) is 19.8 Å². The van der Waals surface area contributed by atoms with Crippen LogP contribution in [0.1, 0.15) is 31.9 Å². The van der Waals surface area contributed by atoms with Crippen LogP contribution in [-0.4, -0.2) is 77.8 Å². The summed E-state index contributed by atoms with van der Waals surface area (Å²) in [6.07, 6.45) is 0.0791. The van der Waals surface area contributed by atoms with Gasteiger partial charge in [-0.15, -0.1) is 0 Å². The maximum Gasteiger partial charge on any atom is 0.338 e. The second-order valence-electron chi connectivity index (χ2n) is 8.45. The van der Waals surface area contributed by atoms with Crippen molar-refractivity contribution in [2.75, 3.05) is 46.0 Å². The molecule has 4 rings (SSSR count). The number of nitro groups is 1. The molecule has 1 N–H and O–H groups in total. The molecule has 0 bridgehead atoms. The Bertz CT molecular complexity index is 1130. The molecule has 1 aromatic carbocycles. The first-order valence-corrected chi connectivity index (χ1v) is 12.7. The standard InChI is InChI=1S/C24H29N5O6S/c1-3-35-23(31)21-16(2)26-24-28(22(21)17-5-4-6-18(13-17)29(32)33)19(15-36-24)14-20(30)25-7-8-27-9-11-34-12-10-27/h4-6,13,15,22H,3,7-12,14H2,1-2H3,(H,25,30)/t22-/m0/s1. The summed E-state index contributed by atoms with van der Waals surface area (Å²) in [5.74, 6) is -0.696. The number of amidine groups is 1. The van der Waals surface area contributed by atoms with Crippen molar-refractivity contribution in [1.82, 2.24) is 15.1 Å². The fourth-order valence-corrected chi connectivity index (χ4v) is 5.33. The lowest BCUT2D eigenvalue weighted by atomic mass is 9.93. The SMILES string of the molecule is CCOC(=O)C1=C(C)N=C2SC=C(CC(=O)NCCN3CCOCC3)N2[C@H]1c1cccc([N+](=O)[O-])c1. The van der Waals surface area contributed by atoms with E-state index in [9.17, 15) is 19.7 Å². The Morgan fingerprint density at radius 3 is 2.83 bits per heavy atom. The van der Waals surface area contributed by atoms with Crippen molar-refractivity contribution >= 4 is 34.5 Å². The van der Waals surface area contributed by atoms with Crippen molar-refractivity contribution in [3.05, 3.63) is 62.3 Å². The lowest BCUT2D eigenvalue weighted by molar-refractivity contribution is -0.384. The molecule has 0 aromatic heterocycles. The normalized spacial score (nSPS) is 19.9. The van der Waals surface area contributed by atoms with Crippen LogP contribution in [0, 0.1) is 10.1 Å². The van der Waals surface area contributed by atoms with Crippen LogP contribution in [0.3, 0.4) is 0 Å². The van der Waals surface area contributed by atoms with E-state index in [1.54, 1.807) is 26.0 Å². The van der Waals surface area contributed by atoms with Gasteiger partial charge in [0.05, 0.1) is 48.5 Å². The monoisotopic (exact) mass is 515 g/mol. The number of fused-ring (bicyclic) bond motifs is 1. The summed E-state index contributed by atoms with van der Waals surface area (Å²) in [5.41, 5.74) is 1.89. The molecular weight excluding hydrogens is 486 g/mol. The zero-order chi connectivity index (χ0) is 25.7. The molecule has 0 unspecified atom stereocenters. The van der Waals surface area contributed by atoms with E-state index in [-0.39, 0.29) is 24.6 Å². The topological polar surface area (TPSA) is 127 Å². The number of ether oxygens (including phenoxy) is 2. The Hall–Kier alpha value is -3.22. The summed E-state index contributed by atoms with van der Waals surface area (Å²) in [6, 6.07) is 5.46. The van der Waals surface area contributed by atoms with Gasteiger partial charge < -0.3 is 19.7 Å². The molecule has 0 spiro atoms. The lowest BCUT2D eigenvalue weighted by Crippen LogP contribution is -2.42. The minimum atomic E-state index is -0.709.